The minimum absolute atomic E-state index is 0.135. The second kappa shape index (κ2) is 5.04. The molecule has 0 radical (unpaired) electrons. The average Bonchev–Trinajstić information content (AvgIpc) is 2.58. The van der Waals surface area contributed by atoms with Gasteiger partial charge in [-0.3, -0.25) is 4.79 Å². The van der Waals surface area contributed by atoms with Gasteiger partial charge in [0.05, 0.1) is 5.92 Å². The first kappa shape index (κ1) is 14.0. The number of nitrogens with two attached hydrogens (primary N) is 1. The van der Waals surface area contributed by atoms with E-state index in [1.54, 1.807) is 20.8 Å². The van der Waals surface area contributed by atoms with Crippen LogP contribution < -0.4 is 11.1 Å². The summed E-state index contributed by atoms with van der Waals surface area (Å²) in [5.74, 6) is -1.46. The molecule has 0 bridgehead atoms. The third kappa shape index (κ3) is 3.43. The third-order valence-corrected chi connectivity index (χ3v) is 3.31. The maximum absolute atomic E-state index is 12.0. The molecular weight excluding hydrogens is 220 g/mol. The minimum Gasteiger partial charge on any atom is -0.480 e. The summed E-state index contributed by atoms with van der Waals surface area (Å²) in [5.41, 5.74) is 5.32. The van der Waals surface area contributed by atoms with Crippen LogP contribution in [0.4, 0.5) is 0 Å². The topological polar surface area (TPSA) is 92.4 Å². The molecule has 1 amide bonds. The van der Waals surface area contributed by atoms with Gasteiger partial charge in [0.25, 0.3) is 0 Å². The Bertz CT molecular complexity index is 309. The van der Waals surface area contributed by atoms with E-state index in [-0.39, 0.29) is 17.9 Å². The van der Waals surface area contributed by atoms with E-state index in [9.17, 15) is 9.59 Å². The van der Waals surface area contributed by atoms with Crippen LogP contribution in [0.5, 0.6) is 0 Å². The van der Waals surface area contributed by atoms with Gasteiger partial charge in [-0.15, -0.1) is 0 Å². The number of hydrogen-bond acceptors (Lipinski definition) is 3. The monoisotopic (exact) mass is 242 g/mol. The molecule has 0 aromatic heterocycles. The molecule has 5 nitrogen and oxygen atoms in total. The maximum atomic E-state index is 12.0. The van der Waals surface area contributed by atoms with Crippen LogP contribution in [-0.4, -0.2) is 29.1 Å². The highest BCUT2D eigenvalue weighted by atomic mass is 16.4. The van der Waals surface area contributed by atoms with E-state index in [0.717, 1.165) is 19.3 Å². The van der Waals surface area contributed by atoms with Crippen molar-refractivity contribution >= 4 is 11.9 Å². The quantitative estimate of drug-likeness (QED) is 0.680. The Morgan fingerprint density at radius 1 is 1.35 bits per heavy atom. The van der Waals surface area contributed by atoms with E-state index in [2.05, 4.69) is 5.32 Å². The Kier molecular flexibility index (Phi) is 4.14. The molecule has 1 fully saturated rings. The van der Waals surface area contributed by atoms with Crippen LogP contribution in [-0.2, 0) is 9.59 Å². The van der Waals surface area contributed by atoms with Crippen molar-refractivity contribution < 1.29 is 14.7 Å². The molecule has 1 aliphatic carbocycles. The number of carbonyl (C=O) groups is 2. The van der Waals surface area contributed by atoms with E-state index in [1.807, 2.05) is 0 Å². The number of amides is 1. The second-order valence-corrected chi connectivity index (χ2v) is 5.85. The fourth-order valence-electron chi connectivity index (χ4n) is 2.21. The van der Waals surface area contributed by atoms with Gasteiger partial charge in [-0.05, 0) is 18.3 Å². The van der Waals surface area contributed by atoms with Crippen LogP contribution in [0, 0.1) is 11.3 Å². The van der Waals surface area contributed by atoms with Crippen molar-refractivity contribution in [3.8, 4) is 0 Å². The number of carbonyl (C=O) groups excluding carboxylic acids is 1. The average molecular weight is 242 g/mol. The zero-order valence-electron chi connectivity index (χ0n) is 10.7. The highest BCUT2D eigenvalue weighted by Gasteiger charge is 2.37. The van der Waals surface area contributed by atoms with Crippen molar-refractivity contribution in [2.24, 2.45) is 17.1 Å². The van der Waals surface area contributed by atoms with Crippen molar-refractivity contribution in [3.63, 3.8) is 0 Å². The van der Waals surface area contributed by atoms with Gasteiger partial charge in [-0.2, -0.15) is 0 Å². The first-order chi connectivity index (χ1) is 7.73. The summed E-state index contributed by atoms with van der Waals surface area (Å²) >= 11 is 0. The van der Waals surface area contributed by atoms with E-state index in [0.29, 0.717) is 0 Å². The van der Waals surface area contributed by atoms with E-state index < -0.39 is 17.4 Å². The van der Waals surface area contributed by atoms with Gasteiger partial charge in [-0.1, -0.05) is 27.2 Å². The molecule has 2 unspecified atom stereocenters. The predicted octanol–water partition coefficient (Wildman–Crippen LogP) is 0.729. The van der Waals surface area contributed by atoms with Gasteiger partial charge in [0.2, 0.25) is 5.91 Å². The Morgan fingerprint density at radius 2 is 1.94 bits per heavy atom. The molecule has 98 valence electrons. The molecule has 5 heteroatoms. The smallest absolute Gasteiger partial charge is 0.326 e. The molecule has 0 heterocycles. The molecule has 0 spiro atoms. The molecule has 4 N–H and O–H groups in total. The summed E-state index contributed by atoms with van der Waals surface area (Å²) in [5, 5.41) is 11.7. The van der Waals surface area contributed by atoms with Crippen LogP contribution in [0.1, 0.15) is 40.0 Å². The van der Waals surface area contributed by atoms with Gasteiger partial charge in [0, 0.05) is 6.04 Å². The predicted molar refractivity (Wildman–Crippen MR) is 64.3 cm³/mol. The van der Waals surface area contributed by atoms with Crippen LogP contribution in [0.25, 0.3) is 0 Å². The lowest BCUT2D eigenvalue weighted by molar-refractivity contribution is -0.145. The zero-order valence-corrected chi connectivity index (χ0v) is 10.7. The van der Waals surface area contributed by atoms with Gasteiger partial charge in [0.1, 0.15) is 6.04 Å². The van der Waals surface area contributed by atoms with Crippen molar-refractivity contribution in [1.82, 2.24) is 5.32 Å². The van der Waals surface area contributed by atoms with Gasteiger partial charge in [0.15, 0.2) is 0 Å². The van der Waals surface area contributed by atoms with Crippen LogP contribution >= 0.6 is 0 Å². The van der Waals surface area contributed by atoms with Crippen molar-refractivity contribution in [2.75, 3.05) is 0 Å². The molecule has 17 heavy (non-hydrogen) atoms. The van der Waals surface area contributed by atoms with Crippen molar-refractivity contribution in [1.29, 1.82) is 0 Å². The van der Waals surface area contributed by atoms with E-state index >= 15 is 0 Å². The number of rotatable bonds is 3. The number of carboxylic acid groups (broad SMARTS) is 1. The fraction of sp³-hybridized carbons (Fsp3) is 0.833. The van der Waals surface area contributed by atoms with E-state index in [4.69, 9.17) is 10.8 Å². The summed E-state index contributed by atoms with van der Waals surface area (Å²) in [6, 6.07) is -1.01. The molecule has 0 aliphatic heterocycles. The number of carboxylic acids is 1. The SMILES string of the molecule is CC(C)(C)[C@H](NC(=O)C1CCCC1N)C(=O)O. The Morgan fingerprint density at radius 3 is 2.29 bits per heavy atom. The maximum Gasteiger partial charge on any atom is 0.326 e. The third-order valence-electron chi connectivity index (χ3n) is 3.31. The molecule has 1 rings (SSSR count). The van der Waals surface area contributed by atoms with Crippen molar-refractivity contribution in [2.45, 2.75) is 52.1 Å². The molecule has 1 saturated carbocycles. The summed E-state index contributed by atoms with van der Waals surface area (Å²) in [6.45, 7) is 5.38. The van der Waals surface area contributed by atoms with Crippen LogP contribution in [0.2, 0.25) is 0 Å². The summed E-state index contributed by atoms with van der Waals surface area (Å²) in [6.07, 6.45) is 2.53. The first-order valence-electron chi connectivity index (χ1n) is 6.02. The minimum atomic E-state index is -1.00. The Hall–Kier alpha value is -1.10. The van der Waals surface area contributed by atoms with E-state index in [1.165, 1.54) is 0 Å². The number of nitrogens with one attached hydrogen (secondary N) is 1. The van der Waals surface area contributed by atoms with Gasteiger partial charge < -0.3 is 16.2 Å². The Labute approximate surface area is 102 Å². The molecule has 0 aromatic rings. The lowest BCUT2D eigenvalue weighted by atomic mass is 9.86. The summed E-state index contributed by atoms with van der Waals surface area (Å²) in [7, 11) is 0. The largest absolute Gasteiger partial charge is 0.480 e. The standard InChI is InChI=1S/C12H22N2O3/c1-12(2,3)9(11(16)17)14-10(15)7-5-4-6-8(7)13/h7-9H,4-6,13H2,1-3H3,(H,14,15)(H,16,17)/t7?,8?,9-/m1/s1. The second-order valence-electron chi connectivity index (χ2n) is 5.85. The number of aliphatic carboxylic acids is 1. The molecule has 1 aliphatic rings. The van der Waals surface area contributed by atoms with Gasteiger partial charge >= 0.3 is 5.97 Å². The normalized spacial score (nSPS) is 26.6. The highest BCUT2D eigenvalue weighted by molar-refractivity contribution is 5.86. The molecular formula is C12H22N2O3. The molecule has 0 aromatic carbocycles. The lowest BCUT2D eigenvalue weighted by Gasteiger charge is -2.29. The number of hydrogen-bond donors (Lipinski definition) is 3. The van der Waals surface area contributed by atoms with Crippen LogP contribution in [0.3, 0.4) is 0 Å². The first-order valence-corrected chi connectivity index (χ1v) is 6.02. The van der Waals surface area contributed by atoms with Gasteiger partial charge in [-0.25, -0.2) is 4.79 Å². The summed E-state index contributed by atoms with van der Waals surface area (Å²) < 4.78 is 0. The fourth-order valence-corrected chi connectivity index (χ4v) is 2.21. The van der Waals surface area contributed by atoms with Crippen LogP contribution in [0.15, 0.2) is 0 Å². The molecule has 3 atom stereocenters. The zero-order chi connectivity index (χ0) is 13.2. The van der Waals surface area contributed by atoms with Crippen molar-refractivity contribution in [3.05, 3.63) is 0 Å². The summed E-state index contributed by atoms with van der Waals surface area (Å²) in [4.78, 5) is 23.1. The highest BCUT2D eigenvalue weighted by Crippen LogP contribution is 2.26. The lowest BCUT2D eigenvalue weighted by Crippen LogP contribution is -2.52. The Balaban J connectivity index is 2.68. The molecule has 0 saturated heterocycles.